The van der Waals surface area contributed by atoms with E-state index >= 15 is 0 Å². The number of benzene rings is 2. The Hall–Kier alpha value is -3.10. The van der Waals surface area contributed by atoms with Gasteiger partial charge in [-0.05, 0) is 50.2 Å². The van der Waals surface area contributed by atoms with Crippen LogP contribution >= 0.6 is 23.4 Å². The van der Waals surface area contributed by atoms with Crippen molar-refractivity contribution in [2.24, 2.45) is 0 Å². The van der Waals surface area contributed by atoms with E-state index in [1.54, 1.807) is 13.2 Å². The Balaban J connectivity index is 1.63. The van der Waals surface area contributed by atoms with Crippen LogP contribution in [0.5, 0.6) is 0 Å². The Labute approximate surface area is 187 Å². The lowest BCUT2D eigenvalue weighted by Crippen LogP contribution is -2.23. The van der Waals surface area contributed by atoms with Crippen molar-refractivity contribution in [3.63, 3.8) is 0 Å². The zero-order chi connectivity index (χ0) is 22.0. The Kier molecular flexibility index (Phi) is 6.11. The molecule has 1 N–H and O–H groups in total. The summed E-state index contributed by atoms with van der Waals surface area (Å²) in [4.78, 5) is 12.7. The Bertz CT molecular complexity index is 1230. The molecule has 0 aliphatic heterocycles. The molecule has 0 spiro atoms. The highest BCUT2D eigenvalue weighted by Gasteiger charge is 2.23. The second-order valence-corrected chi connectivity index (χ2v) is 8.46. The Morgan fingerprint density at radius 1 is 1.19 bits per heavy atom. The minimum absolute atomic E-state index is 0.135. The van der Waals surface area contributed by atoms with E-state index in [1.807, 2.05) is 47.9 Å². The minimum Gasteiger partial charge on any atom is -0.469 e. The van der Waals surface area contributed by atoms with Crippen molar-refractivity contribution in [3.05, 3.63) is 77.5 Å². The molecule has 4 aromatic rings. The number of hydrogen-bond donors (Lipinski definition) is 1. The average Bonchev–Trinajstić information content (AvgIpc) is 3.36. The third-order valence-electron chi connectivity index (χ3n) is 4.59. The van der Waals surface area contributed by atoms with Crippen LogP contribution in [0.3, 0.4) is 0 Å². The van der Waals surface area contributed by atoms with E-state index < -0.39 is 11.1 Å². The number of amides is 1. The number of furan rings is 1. The minimum atomic E-state index is -0.522. The molecule has 4 rings (SSSR count). The predicted molar refractivity (Wildman–Crippen MR) is 119 cm³/mol. The fourth-order valence-corrected chi connectivity index (χ4v) is 4.07. The van der Waals surface area contributed by atoms with Crippen LogP contribution in [0, 0.1) is 12.7 Å². The van der Waals surface area contributed by atoms with E-state index in [-0.39, 0.29) is 10.9 Å². The lowest BCUT2D eigenvalue weighted by molar-refractivity contribution is -0.115. The molecule has 1 unspecified atom stereocenters. The summed E-state index contributed by atoms with van der Waals surface area (Å²) in [5.74, 6) is 0.581. The summed E-state index contributed by atoms with van der Waals surface area (Å²) in [5.41, 5.74) is 2.03. The van der Waals surface area contributed by atoms with Crippen molar-refractivity contribution in [1.82, 2.24) is 14.8 Å². The molecular formula is C22H18ClFN4O2S. The molecule has 1 amide bonds. The number of anilines is 1. The van der Waals surface area contributed by atoms with Gasteiger partial charge >= 0.3 is 0 Å². The highest BCUT2D eigenvalue weighted by Crippen LogP contribution is 2.32. The summed E-state index contributed by atoms with van der Waals surface area (Å²) in [6.07, 6.45) is 1.60. The summed E-state index contributed by atoms with van der Waals surface area (Å²) >= 11 is 7.28. The standard InChI is InChI=1S/C22H18ClFN4O2S/c1-13-17(10-11-30-13)20-26-27-22(28(20)16-6-4-3-5-7-16)31-14(2)21(29)25-19-9-8-15(24)12-18(19)23/h3-12,14H,1-2H3,(H,25,29). The zero-order valence-electron chi connectivity index (χ0n) is 16.7. The van der Waals surface area contributed by atoms with E-state index in [2.05, 4.69) is 15.5 Å². The average molecular weight is 457 g/mol. The van der Waals surface area contributed by atoms with Gasteiger partial charge in [0.25, 0.3) is 0 Å². The first-order valence-corrected chi connectivity index (χ1v) is 10.7. The summed E-state index contributed by atoms with van der Waals surface area (Å²) < 4.78 is 20.6. The van der Waals surface area contributed by atoms with Crippen molar-refractivity contribution >= 4 is 35.0 Å². The monoisotopic (exact) mass is 456 g/mol. The normalized spacial score (nSPS) is 12.0. The Morgan fingerprint density at radius 2 is 1.97 bits per heavy atom. The van der Waals surface area contributed by atoms with Gasteiger partial charge < -0.3 is 9.73 Å². The van der Waals surface area contributed by atoms with Crippen LogP contribution in [0.4, 0.5) is 10.1 Å². The second-order valence-electron chi connectivity index (χ2n) is 6.74. The van der Waals surface area contributed by atoms with Crippen LogP contribution in [0.15, 0.2) is 70.4 Å². The van der Waals surface area contributed by atoms with Gasteiger partial charge in [0.15, 0.2) is 11.0 Å². The van der Waals surface area contributed by atoms with Gasteiger partial charge in [0.05, 0.1) is 27.8 Å². The van der Waals surface area contributed by atoms with Crippen LogP contribution in [0.1, 0.15) is 12.7 Å². The molecule has 1 atom stereocenters. The molecule has 2 aromatic heterocycles. The number of nitrogens with zero attached hydrogens (tertiary/aromatic N) is 3. The maximum Gasteiger partial charge on any atom is 0.237 e. The molecule has 9 heteroatoms. The first-order valence-electron chi connectivity index (χ1n) is 9.42. The number of carbonyl (C=O) groups excluding carboxylic acids is 1. The van der Waals surface area contributed by atoms with Crippen molar-refractivity contribution in [2.75, 3.05) is 5.32 Å². The molecule has 158 valence electrons. The van der Waals surface area contributed by atoms with E-state index in [0.29, 0.717) is 16.7 Å². The lowest BCUT2D eigenvalue weighted by atomic mass is 10.2. The highest BCUT2D eigenvalue weighted by molar-refractivity contribution is 8.00. The molecule has 2 heterocycles. The topological polar surface area (TPSA) is 72.9 Å². The number of para-hydroxylation sites is 1. The number of thioether (sulfide) groups is 1. The second kappa shape index (κ2) is 8.95. The first-order chi connectivity index (χ1) is 14.9. The van der Waals surface area contributed by atoms with Gasteiger partial charge in [-0.1, -0.05) is 41.6 Å². The van der Waals surface area contributed by atoms with Crippen LogP contribution in [-0.4, -0.2) is 25.9 Å². The van der Waals surface area contributed by atoms with Crippen LogP contribution in [0.25, 0.3) is 17.1 Å². The van der Waals surface area contributed by atoms with E-state index in [9.17, 15) is 9.18 Å². The molecule has 0 fully saturated rings. The number of halogens is 2. The lowest BCUT2D eigenvalue weighted by Gasteiger charge is -2.14. The van der Waals surface area contributed by atoms with Crippen molar-refractivity contribution < 1.29 is 13.6 Å². The SMILES string of the molecule is Cc1occc1-c1nnc(SC(C)C(=O)Nc2ccc(F)cc2Cl)n1-c1ccccc1. The smallest absolute Gasteiger partial charge is 0.237 e. The largest absolute Gasteiger partial charge is 0.469 e. The summed E-state index contributed by atoms with van der Waals surface area (Å²) in [7, 11) is 0. The number of hydrogen-bond acceptors (Lipinski definition) is 5. The van der Waals surface area contributed by atoms with Gasteiger partial charge in [0.1, 0.15) is 11.6 Å². The van der Waals surface area contributed by atoms with Crippen molar-refractivity contribution in [3.8, 4) is 17.1 Å². The first kappa shape index (κ1) is 21.1. The molecule has 2 aromatic carbocycles. The van der Waals surface area contributed by atoms with Gasteiger partial charge in [-0.2, -0.15) is 0 Å². The van der Waals surface area contributed by atoms with Crippen molar-refractivity contribution in [2.45, 2.75) is 24.3 Å². The van der Waals surface area contributed by atoms with Crippen LogP contribution < -0.4 is 5.32 Å². The fraction of sp³-hybridized carbons (Fsp3) is 0.136. The predicted octanol–water partition coefficient (Wildman–Crippen LogP) is 5.75. The number of carbonyl (C=O) groups is 1. The van der Waals surface area contributed by atoms with Gasteiger partial charge in [-0.25, -0.2) is 4.39 Å². The number of aromatic nitrogens is 3. The molecular weight excluding hydrogens is 439 g/mol. The van der Waals surface area contributed by atoms with Crippen LogP contribution in [0.2, 0.25) is 5.02 Å². The summed E-state index contributed by atoms with van der Waals surface area (Å²) in [6.45, 7) is 3.61. The maximum absolute atomic E-state index is 13.3. The molecule has 0 bridgehead atoms. The molecule has 0 saturated carbocycles. The summed E-state index contributed by atoms with van der Waals surface area (Å²) in [6, 6.07) is 15.3. The third kappa shape index (κ3) is 4.50. The number of nitrogens with one attached hydrogen (secondary N) is 1. The van der Waals surface area contributed by atoms with E-state index in [0.717, 1.165) is 23.1 Å². The van der Waals surface area contributed by atoms with Crippen LogP contribution in [-0.2, 0) is 4.79 Å². The molecule has 31 heavy (non-hydrogen) atoms. The number of rotatable bonds is 6. The fourth-order valence-electron chi connectivity index (χ4n) is 2.98. The number of aryl methyl sites for hydroxylation is 1. The highest BCUT2D eigenvalue weighted by atomic mass is 35.5. The van der Waals surface area contributed by atoms with Gasteiger partial charge in [-0.3, -0.25) is 9.36 Å². The summed E-state index contributed by atoms with van der Waals surface area (Å²) in [5, 5.41) is 11.6. The maximum atomic E-state index is 13.3. The molecule has 0 saturated heterocycles. The molecule has 0 aliphatic rings. The van der Waals surface area contributed by atoms with Gasteiger partial charge in [-0.15, -0.1) is 10.2 Å². The quantitative estimate of drug-likeness (QED) is 0.374. The molecule has 0 radical (unpaired) electrons. The Morgan fingerprint density at radius 3 is 2.65 bits per heavy atom. The zero-order valence-corrected chi connectivity index (χ0v) is 18.2. The van der Waals surface area contributed by atoms with Gasteiger partial charge in [0.2, 0.25) is 5.91 Å². The molecule has 0 aliphatic carbocycles. The van der Waals surface area contributed by atoms with Crippen molar-refractivity contribution in [1.29, 1.82) is 0 Å². The van der Waals surface area contributed by atoms with E-state index in [4.69, 9.17) is 16.0 Å². The molecule has 6 nitrogen and oxygen atoms in total. The third-order valence-corrected chi connectivity index (χ3v) is 5.94. The van der Waals surface area contributed by atoms with Gasteiger partial charge in [0, 0.05) is 5.69 Å². The van der Waals surface area contributed by atoms with E-state index in [1.165, 1.54) is 23.9 Å².